The Morgan fingerprint density at radius 2 is 1.92 bits per heavy atom. The Labute approximate surface area is 150 Å². The molecule has 0 spiro atoms. The number of fused-ring (bicyclic) bond motifs is 1. The number of nitrogens with zero attached hydrogens (tertiary/aromatic N) is 2. The third-order valence-electron chi connectivity index (χ3n) is 3.62. The van der Waals surface area contributed by atoms with Crippen molar-refractivity contribution in [2.45, 2.75) is 0 Å². The molecule has 0 bridgehead atoms. The van der Waals surface area contributed by atoms with Gasteiger partial charge in [0.15, 0.2) is 0 Å². The van der Waals surface area contributed by atoms with Crippen molar-refractivity contribution in [2.75, 3.05) is 19.5 Å². The van der Waals surface area contributed by atoms with Gasteiger partial charge in [0.1, 0.15) is 23.4 Å². The van der Waals surface area contributed by atoms with Crippen molar-refractivity contribution in [2.24, 2.45) is 0 Å². The number of pyridine rings is 1. The van der Waals surface area contributed by atoms with Crippen LogP contribution in [0.15, 0.2) is 42.6 Å². The van der Waals surface area contributed by atoms with Gasteiger partial charge in [-0.15, -0.1) is 12.4 Å². The van der Waals surface area contributed by atoms with Crippen molar-refractivity contribution in [3.8, 4) is 17.6 Å². The van der Waals surface area contributed by atoms with Crippen LogP contribution in [0.2, 0.25) is 0 Å². The Morgan fingerprint density at radius 3 is 2.60 bits per heavy atom. The van der Waals surface area contributed by atoms with Crippen molar-refractivity contribution in [3.63, 3.8) is 0 Å². The second-order valence-corrected chi connectivity index (χ2v) is 5.01. The zero-order valence-corrected chi connectivity index (χ0v) is 14.4. The van der Waals surface area contributed by atoms with E-state index in [-0.39, 0.29) is 12.4 Å². The minimum absolute atomic E-state index is 0. The number of nitriles is 1. The summed E-state index contributed by atoms with van der Waals surface area (Å²) in [5, 5.41) is 13.0. The molecule has 0 saturated carbocycles. The smallest absolute Gasteiger partial charge is 0.142 e. The molecule has 2 aromatic carbocycles. The van der Waals surface area contributed by atoms with E-state index in [4.69, 9.17) is 9.47 Å². The highest BCUT2D eigenvalue weighted by Crippen LogP contribution is 2.35. The lowest BCUT2D eigenvalue weighted by atomic mass is 10.1. The average Bonchev–Trinajstić information content (AvgIpc) is 2.62. The van der Waals surface area contributed by atoms with Gasteiger partial charge >= 0.3 is 0 Å². The molecule has 5 nitrogen and oxygen atoms in total. The third kappa shape index (κ3) is 3.57. The van der Waals surface area contributed by atoms with Crippen molar-refractivity contribution in [1.82, 2.24) is 4.98 Å². The number of methoxy groups -OCH3 is 2. The number of benzene rings is 2. The maximum atomic E-state index is 13.7. The van der Waals surface area contributed by atoms with Crippen molar-refractivity contribution in [3.05, 3.63) is 54.0 Å². The van der Waals surface area contributed by atoms with Gasteiger partial charge in [-0.1, -0.05) is 0 Å². The van der Waals surface area contributed by atoms with E-state index in [1.165, 1.54) is 18.3 Å². The molecule has 0 unspecified atom stereocenters. The summed E-state index contributed by atoms with van der Waals surface area (Å²) in [6.07, 6.45) is 1.45. The van der Waals surface area contributed by atoms with Crippen molar-refractivity contribution in [1.29, 1.82) is 5.26 Å². The number of nitrogens with one attached hydrogen (secondary N) is 1. The summed E-state index contributed by atoms with van der Waals surface area (Å²) < 4.78 is 24.2. The van der Waals surface area contributed by atoms with Crippen LogP contribution in [0.5, 0.6) is 11.5 Å². The zero-order chi connectivity index (χ0) is 17.1. The van der Waals surface area contributed by atoms with E-state index in [9.17, 15) is 9.65 Å². The number of hydrogen-bond donors (Lipinski definition) is 1. The van der Waals surface area contributed by atoms with Gasteiger partial charge in [0.05, 0.1) is 36.7 Å². The van der Waals surface area contributed by atoms with E-state index in [0.717, 1.165) is 0 Å². The Morgan fingerprint density at radius 1 is 1.12 bits per heavy atom. The Kier molecular flexibility index (Phi) is 5.63. The number of anilines is 2. The molecule has 25 heavy (non-hydrogen) atoms. The van der Waals surface area contributed by atoms with Crippen LogP contribution in [0.4, 0.5) is 15.8 Å². The van der Waals surface area contributed by atoms with E-state index >= 15 is 0 Å². The van der Waals surface area contributed by atoms with E-state index < -0.39 is 5.82 Å². The minimum atomic E-state index is -0.403. The summed E-state index contributed by atoms with van der Waals surface area (Å²) in [6.45, 7) is 0. The summed E-state index contributed by atoms with van der Waals surface area (Å²) in [5.74, 6) is 0.794. The van der Waals surface area contributed by atoms with Gasteiger partial charge in [0, 0.05) is 17.6 Å². The zero-order valence-electron chi connectivity index (χ0n) is 13.5. The van der Waals surface area contributed by atoms with Gasteiger partial charge in [-0.3, -0.25) is 4.98 Å². The van der Waals surface area contributed by atoms with E-state index in [1.807, 2.05) is 0 Å². The molecular weight excluding hydrogens is 345 g/mol. The maximum Gasteiger partial charge on any atom is 0.142 e. The highest BCUT2D eigenvalue weighted by atomic mass is 35.5. The van der Waals surface area contributed by atoms with Crippen molar-refractivity contribution >= 4 is 34.7 Å². The highest BCUT2D eigenvalue weighted by molar-refractivity contribution is 5.96. The fourth-order valence-electron chi connectivity index (χ4n) is 2.43. The topological polar surface area (TPSA) is 67.2 Å². The summed E-state index contributed by atoms with van der Waals surface area (Å²) in [6, 6.07) is 11.6. The first kappa shape index (κ1) is 18.3. The molecule has 0 fully saturated rings. The van der Waals surface area contributed by atoms with Crippen molar-refractivity contribution < 1.29 is 13.9 Å². The number of rotatable bonds is 4. The normalized spacial score (nSPS) is 9.84. The molecule has 0 saturated heterocycles. The van der Waals surface area contributed by atoms with E-state index in [0.29, 0.717) is 39.3 Å². The summed E-state index contributed by atoms with van der Waals surface area (Å²) in [5.41, 5.74) is 1.96. The molecule has 128 valence electrons. The first-order valence-electron chi connectivity index (χ1n) is 7.13. The van der Waals surface area contributed by atoms with Gasteiger partial charge in [0.2, 0.25) is 0 Å². The summed E-state index contributed by atoms with van der Waals surface area (Å²) in [4.78, 5) is 4.19. The van der Waals surface area contributed by atoms with E-state index in [2.05, 4.69) is 16.4 Å². The Hall–Kier alpha value is -3.04. The van der Waals surface area contributed by atoms with Gasteiger partial charge in [-0.05, 0) is 30.3 Å². The highest BCUT2D eigenvalue weighted by Gasteiger charge is 2.13. The van der Waals surface area contributed by atoms with Crippen LogP contribution in [0.25, 0.3) is 10.9 Å². The summed E-state index contributed by atoms with van der Waals surface area (Å²) >= 11 is 0. The lowest BCUT2D eigenvalue weighted by molar-refractivity contribution is 0.405. The molecule has 1 N–H and O–H groups in total. The molecule has 0 aliphatic heterocycles. The first-order chi connectivity index (χ1) is 11.7. The Bertz CT molecular complexity index is 957. The fourth-order valence-corrected chi connectivity index (χ4v) is 2.43. The number of hydrogen-bond acceptors (Lipinski definition) is 5. The second kappa shape index (κ2) is 7.69. The van der Waals surface area contributed by atoms with Crippen LogP contribution < -0.4 is 14.8 Å². The molecule has 0 atom stereocenters. The molecule has 3 rings (SSSR count). The standard InChI is InChI=1S/C18H14FN3O2.ClH/c1-23-13-4-6-17(24-2)16(8-13)22-18-11(9-20)10-21-15-5-3-12(19)7-14(15)18;/h3-8,10H,1-2H3,(H,21,22);1H. The number of halogens is 2. The van der Waals surface area contributed by atoms with Crippen LogP contribution in [0.3, 0.4) is 0 Å². The van der Waals surface area contributed by atoms with Gasteiger partial charge in [-0.25, -0.2) is 4.39 Å². The first-order valence-corrected chi connectivity index (χ1v) is 7.13. The van der Waals surface area contributed by atoms with Gasteiger partial charge in [0.25, 0.3) is 0 Å². The van der Waals surface area contributed by atoms with Crippen LogP contribution >= 0.6 is 12.4 Å². The predicted octanol–water partition coefficient (Wildman–Crippen LogP) is 4.43. The third-order valence-corrected chi connectivity index (χ3v) is 3.62. The molecule has 1 heterocycles. The van der Waals surface area contributed by atoms with Gasteiger partial charge in [-0.2, -0.15) is 5.26 Å². The average molecular weight is 360 g/mol. The lowest BCUT2D eigenvalue weighted by Crippen LogP contribution is -2.00. The molecule has 7 heteroatoms. The van der Waals surface area contributed by atoms with Crippen LogP contribution in [-0.4, -0.2) is 19.2 Å². The van der Waals surface area contributed by atoms with E-state index in [1.54, 1.807) is 38.5 Å². The largest absolute Gasteiger partial charge is 0.497 e. The molecule has 0 amide bonds. The summed E-state index contributed by atoms with van der Waals surface area (Å²) in [7, 11) is 3.10. The number of ether oxygens (including phenoxy) is 2. The molecule has 0 radical (unpaired) electrons. The number of aromatic nitrogens is 1. The molecule has 3 aromatic rings. The SMILES string of the molecule is COc1ccc(OC)c(Nc2c(C#N)cnc3ccc(F)cc23)c1.Cl. The second-order valence-electron chi connectivity index (χ2n) is 5.01. The van der Waals surface area contributed by atoms with Crippen LogP contribution in [0, 0.1) is 17.1 Å². The molecular formula is C18H15ClFN3O2. The van der Waals surface area contributed by atoms with Gasteiger partial charge < -0.3 is 14.8 Å². The monoisotopic (exact) mass is 359 g/mol. The molecule has 0 aliphatic carbocycles. The fraction of sp³-hybridized carbons (Fsp3) is 0.111. The lowest BCUT2D eigenvalue weighted by Gasteiger charge is -2.15. The van der Waals surface area contributed by atoms with Crippen LogP contribution in [0.1, 0.15) is 5.56 Å². The van der Waals surface area contributed by atoms with Crippen LogP contribution in [-0.2, 0) is 0 Å². The molecule has 0 aliphatic rings. The molecule has 1 aromatic heterocycles. The maximum absolute atomic E-state index is 13.7. The quantitative estimate of drug-likeness (QED) is 0.746. The minimum Gasteiger partial charge on any atom is -0.497 e. The Balaban J connectivity index is 0.00000225. The predicted molar refractivity (Wildman–Crippen MR) is 96.5 cm³/mol.